The van der Waals surface area contributed by atoms with E-state index in [-0.39, 0.29) is 12.3 Å². The number of anilines is 1. The van der Waals surface area contributed by atoms with Gasteiger partial charge in [-0.2, -0.15) is 0 Å². The number of carbonyl (C=O) groups excluding carboxylic acids is 1. The fourth-order valence-electron chi connectivity index (χ4n) is 3.69. The normalized spacial score (nSPS) is 12.4. The molecule has 2 rings (SSSR count). The lowest BCUT2D eigenvalue weighted by molar-refractivity contribution is -0.274. The maximum absolute atomic E-state index is 12.6. The van der Waals surface area contributed by atoms with Gasteiger partial charge in [0.25, 0.3) is 0 Å². The van der Waals surface area contributed by atoms with Crippen molar-refractivity contribution < 1.29 is 27.4 Å². The fourth-order valence-corrected chi connectivity index (χ4v) is 4.57. The minimum Gasteiger partial charge on any atom is -0.444 e. The lowest BCUT2D eigenvalue weighted by atomic mass is 9.95. The molecule has 0 aliphatic carbocycles. The number of allylic oxidation sites excluding steroid dienone is 1. The molecule has 198 valence electrons. The average molecular weight is 525 g/mol. The first-order chi connectivity index (χ1) is 16.6. The van der Waals surface area contributed by atoms with Gasteiger partial charge in [-0.1, -0.05) is 24.6 Å². The molecule has 2 aromatic rings. The van der Waals surface area contributed by atoms with Gasteiger partial charge in [0.2, 0.25) is 0 Å². The van der Waals surface area contributed by atoms with E-state index in [4.69, 9.17) is 4.74 Å². The van der Waals surface area contributed by atoms with Crippen molar-refractivity contribution in [2.24, 2.45) is 0 Å². The molecule has 0 aliphatic rings. The zero-order chi connectivity index (χ0) is 27.3. The van der Waals surface area contributed by atoms with Crippen LogP contribution in [0.1, 0.15) is 52.2 Å². The Labute approximate surface area is 216 Å². The number of ether oxygens (including phenoxy) is 2. The lowest BCUT2D eigenvalue weighted by Crippen LogP contribution is -2.32. The van der Waals surface area contributed by atoms with Gasteiger partial charge in [0.05, 0.1) is 5.69 Å². The summed E-state index contributed by atoms with van der Waals surface area (Å²) in [5.41, 5.74) is 4.94. The summed E-state index contributed by atoms with van der Waals surface area (Å²) in [5.74, 6) is -0.282. The van der Waals surface area contributed by atoms with Crippen molar-refractivity contribution in [3.05, 3.63) is 53.2 Å². The van der Waals surface area contributed by atoms with Crippen LogP contribution in [-0.2, 0) is 11.3 Å². The topological polar surface area (TPSA) is 50.8 Å². The smallest absolute Gasteiger partial charge is 0.444 e. The predicted molar refractivity (Wildman–Crippen MR) is 141 cm³/mol. The van der Waals surface area contributed by atoms with Crippen LogP contribution < -0.4 is 15.0 Å². The predicted octanol–water partition coefficient (Wildman–Crippen LogP) is 8.06. The Morgan fingerprint density at radius 2 is 1.78 bits per heavy atom. The Morgan fingerprint density at radius 1 is 1.17 bits per heavy atom. The monoisotopic (exact) mass is 524 g/mol. The van der Waals surface area contributed by atoms with Crippen LogP contribution in [0.3, 0.4) is 0 Å². The summed E-state index contributed by atoms with van der Waals surface area (Å²) in [6.45, 7) is 11.7. The minimum atomic E-state index is -4.75. The average Bonchev–Trinajstić information content (AvgIpc) is 2.75. The summed E-state index contributed by atoms with van der Waals surface area (Å²) in [4.78, 5) is 15.4. The van der Waals surface area contributed by atoms with E-state index >= 15 is 0 Å². The fraction of sp³-hybridized carbons (Fsp3) is 0.444. The third kappa shape index (κ3) is 8.40. The molecule has 0 fully saturated rings. The summed E-state index contributed by atoms with van der Waals surface area (Å²) in [6.07, 6.45) is -0.343. The van der Waals surface area contributed by atoms with E-state index in [1.165, 1.54) is 17.7 Å². The van der Waals surface area contributed by atoms with Gasteiger partial charge in [0.15, 0.2) is 0 Å². The quantitative estimate of drug-likeness (QED) is 0.354. The second-order valence-corrected chi connectivity index (χ2v) is 10.3. The number of nitrogens with zero attached hydrogens (tertiary/aromatic N) is 1. The van der Waals surface area contributed by atoms with Gasteiger partial charge < -0.3 is 19.7 Å². The number of nitrogens with one attached hydrogen (secondary N) is 1. The number of halogens is 3. The van der Waals surface area contributed by atoms with Crippen molar-refractivity contribution in [2.45, 2.75) is 71.4 Å². The molecule has 0 aromatic heterocycles. The molecule has 0 bridgehead atoms. The molecule has 1 N–H and O–H groups in total. The van der Waals surface area contributed by atoms with E-state index in [1.807, 2.05) is 26.3 Å². The highest BCUT2D eigenvalue weighted by Crippen LogP contribution is 2.41. The molecule has 0 saturated carbocycles. The van der Waals surface area contributed by atoms with Gasteiger partial charge in [-0.3, -0.25) is 0 Å². The molecule has 0 saturated heterocycles. The standard InChI is InChI=1S/C27H35F3N2O3S/c1-9-17(2)16-32(7)23-18(3)22(19-10-12-21(13-11-19)34-27(28,29)30)14-20(24(23)36-8)15-31-25(33)35-26(4,5)6/h10-14,16H,9,15H2,1-8H3,(H,31,33)/b17-16+. The SMILES string of the molecule is CC/C(C)=C/N(C)c1c(C)c(-c2ccc(OC(F)(F)F)cc2)cc(CNC(=O)OC(C)(C)C)c1SC. The molecule has 0 heterocycles. The Balaban J connectivity index is 2.60. The Bertz CT molecular complexity index is 1090. The van der Waals surface area contributed by atoms with E-state index in [2.05, 4.69) is 35.0 Å². The van der Waals surface area contributed by atoms with Crippen LogP contribution in [0.15, 0.2) is 47.0 Å². The van der Waals surface area contributed by atoms with Crippen LogP contribution in [0, 0.1) is 6.92 Å². The van der Waals surface area contributed by atoms with Crippen LogP contribution in [0.4, 0.5) is 23.7 Å². The molecule has 0 unspecified atom stereocenters. The van der Waals surface area contributed by atoms with E-state index in [0.29, 0.717) is 0 Å². The molecule has 2 aromatic carbocycles. The van der Waals surface area contributed by atoms with E-state index in [9.17, 15) is 18.0 Å². The number of amides is 1. The van der Waals surface area contributed by atoms with Crippen molar-refractivity contribution in [3.8, 4) is 16.9 Å². The lowest BCUT2D eigenvalue weighted by Gasteiger charge is -2.26. The molecule has 0 aliphatic heterocycles. The summed E-state index contributed by atoms with van der Waals surface area (Å²) < 4.78 is 47.3. The number of thioether (sulfide) groups is 1. The zero-order valence-electron chi connectivity index (χ0n) is 22.1. The Morgan fingerprint density at radius 3 is 2.28 bits per heavy atom. The van der Waals surface area contributed by atoms with E-state index in [0.717, 1.165) is 39.3 Å². The van der Waals surface area contributed by atoms with Crippen molar-refractivity contribution in [1.82, 2.24) is 5.32 Å². The Kier molecular flexibility index (Phi) is 9.77. The number of carbonyl (C=O) groups is 1. The van der Waals surface area contributed by atoms with Crippen LogP contribution in [0.5, 0.6) is 5.75 Å². The van der Waals surface area contributed by atoms with Gasteiger partial charge in [0, 0.05) is 24.7 Å². The molecule has 1 amide bonds. The van der Waals surface area contributed by atoms with Crippen molar-refractivity contribution >= 4 is 23.5 Å². The van der Waals surface area contributed by atoms with Crippen LogP contribution in [0.2, 0.25) is 0 Å². The summed E-state index contributed by atoms with van der Waals surface area (Å²) in [7, 11) is 1.97. The summed E-state index contributed by atoms with van der Waals surface area (Å²) >= 11 is 1.57. The molecule has 36 heavy (non-hydrogen) atoms. The number of hydrogen-bond donors (Lipinski definition) is 1. The second kappa shape index (κ2) is 12.0. The number of alkyl halides is 3. The van der Waals surface area contributed by atoms with Gasteiger partial charge >= 0.3 is 12.5 Å². The van der Waals surface area contributed by atoms with Crippen LogP contribution >= 0.6 is 11.8 Å². The molecule has 9 heteroatoms. The molecule has 0 atom stereocenters. The first-order valence-corrected chi connectivity index (χ1v) is 12.8. The highest BCUT2D eigenvalue weighted by Gasteiger charge is 2.31. The largest absolute Gasteiger partial charge is 0.573 e. The summed E-state index contributed by atoms with van der Waals surface area (Å²) in [6, 6.07) is 7.77. The maximum atomic E-state index is 12.6. The molecule has 0 radical (unpaired) electrons. The van der Waals surface area contributed by atoms with E-state index < -0.39 is 18.1 Å². The first-order valence-electron chi connectivity index (χ1n) is 11.6. The minimum absolute atomic E-state index is 0.227. The third-order valence-corrected chi connectivity index (χ3v) is 6.20. The third-order valence-electron chi connectivity index (χ3n) is 5.33. The second-order valence-electron chi connectivity index (χ2n) is 9.46. The molecular formula is C27H35F3N2O3S. The molecular weight excluding hydrogens is 489 g/mol. The zero-order valence-corrected chi connectivity index (χ0v) is 22.9. The number of alkyl carbamates (subject to hydrolysis) is 1. The molecule has 0 spiro atoms. The van der Waals surface area contributed by atoms with E-state index in [1.54, 1.807) is 44.7 Å². The molecule has 5 nitrogen and oxygen atoms in total. The van der Waals surface area contributed by atoms with Gasteiger partial charge in [-0.15, -0.1) is 24.9 Å². The van der Waals surface area contributed by atoms with Gasteiger partial charge in [0.1, 0.15) is 11.4 Å². The van der Waals surface area contributed by atoms with Gasteiger partial charge in [-0.05, 0) is 87.7 Å². The van der Waals surface area contributed by atoms with Crippen LogP contribution in [-0.4, -0.2) is 31.4 Å². The number of benzene rings is 2. The number of rotatable bonds is 8. The van der Waals surface area contributed by atoms with Crippen LogP contribution in [0.25, 0.3) is 11.1 Å². The number of hydrogen-bond acceptors (Lipinski definition) is 5. The van der Waals surface area contributed by atoms with Crippen molar-refractivity contribution in [1.29, 1.82) is 0 Å². The van der Waals surface area contributed by atoms with Crippen molar-refractivity contribution in [3.63, 3.8) is 0 Å². The Hall–Kier alpha value is -2.81. The highest BCUT2D eigenvalue weighted by molar-refractivity contribution is 7.98. The maximum Gasteiger partial charge on any atom is 0.573 e. The van der Waals surface area contributed by atoms with Gasteiger partial charge in [-0.25, -0.2) is 4.79 Å². The first kappa shape index (κ1) is 29.4. The summed E-state index contributed by atoms with van der Waals surface area (Å²) in [5, 5.41) is 2.83. The van der Waals surface area contributed by atoms with Crippen molar-refractivity contribution in [2.75, 3.05) is 18.2 Å². The highest BCUT2D eigenvalue weighted by atomic mass is 32.2.